The summed E-state index contributed by atoms with van der Waals surface area (Å²) in [6.45, 7) is 19.2. The molecule has 0 bridgehead atoms. The van der Waals surface area contributed by atoms with Crippen molar-refractivity contribution in [2.75, 3.05) is 0 Å². The minimum absolute atomic E-state index is 0. The molecule has 0 aliphatic carbocycles. The van der Waals surface area contributed by atoms with Crippen molar-refractivity contribution in [1.82, 2.24) is 0 Å². The predicted octanol–water partition coefficient (Wildman–Crippen LogP) is 21.4. The summed E-state index contributed by atoms with van der Waals surface area (Å²) in [6, 6.07) is 18.4. The van der Waals surface area contributed by atoms with Crippen LogP contribution < -0.4 is 0 Å². The Kier molecular flexibility index (Phi) is 43.4. The van der Waals surface area contributed by atoms with Crippen LogP contribution in [0, 0.1) is 13.8 Å². The second kappa shape index (κ2) is 44.8. The van der Waals surface area contributed by atoms with Gasteiger partial charge in [0, 0.05) is 22.3 Å². The molecule has 2 aromatic carbocycles. The molecule has 0 spiro atoms. The van der Waals surface area contributed by atoms with Crippen LogP contribution in [0.5, 0.6) is 0 Å². The molecule has 0 radical (unpaired) electrons. The summed E-state index contributed by atoms with van der Waals surface area (Å²) >= 11 is 0. The van der Waals surface area contributed by atoms with E-state index in [9.17, 15) is 5.53 Å². The smallest absolute Gasteiger partial charge is 0.493 e. The van der Waals surface area contributed by atoms with E-state index in [2.05, 4.69) is 90.1 Å². The van der Waals surface area contributed by atoms with E-state index in [0.717, 1.165) is 42.6 Å². The number of rotatable bonds is 39. The summed E-state index contributed by atoms with van der Waals surface area (Å²) in [4.78, 5) is 0. The molecule has 3 heteroatoms. The molecular weight excluding hydrogens is 819 g/mol. The van der Waals surface area contributed by atoms with Crippen molar-refractivity contribution >= 4 is 11.4 Å². The molecule has 2 nitrogen and oxygen atoms in total. The zero-order chi connectivity index (χ0) is 46.0. The quantitative estimate of drug-likeness (QED) is 0.0276. The molecule has 0 unspecified atom stereocenters. The van der Waals surface area contributed by atoms with E-state index < -0.39 is 0 Å². The summed E-state index contributed by atoms with van der Waals surface area (Å²) in [5.41, 5.74) is 22.3. The standard InChI is InChI=1S/C57H94N2.2C2H5.Ni/c1-5-9-13-16-18-19-20-21-22-23-24-25-26-27-28-29-30-31-32-34-37-41-55-54(40-36-33-17-14-10-6-2)56(52-46-42-50(43-47-52)38-12-8-4)59(58)57(55)53-48-44-51(45-49-53)39-35-15-11-7-3;2*1-2;/h42-49H,5-41H2,1-4H3;2*1H2,2H3;/q;2*-1;+2. The van der Waals surface area contributed by atoms with Gasteiger partial charge in [-0.05, 0) is 86.8 Å². The van der Waals surface area contributed by atoms with Gasteiger partial charge >= 0.3 is 16.5 Å². The molecule has 0 N–H and O–H groups in total. The first-order valence-electron chi connectivity index (χ1n) is 27.7. The first-order chi connectivity index (χ1) is 31.1. The molecule has 0 saturated carbocycles. The molecule has 1 aliphatic heterocycles. The van der Waals surface area contributed by atoms with Gasteiger partial charge in [0.2, 0.25) is 11.4 Å². The predicted molar refractivity (Wildman–Crippen MR) is 284 cm³/mol. The van der Waals surface area contributed by atoms with Crippen molar-refractivity contribution in [2.45, 2.75) is 279 Å². The number of aryl methyl sites for hydroxylation is 2. The van der Waals surface area contributed by atoms with Crippen LogP contribution in [0.4, 0.5) is 0 Å². The molecule has 3 rings (SSSR count). The van der Waals surface area contributed by atoms with Crippen molar-refractivity contribution < 1.29 is 21.2 Å². The zero-order valence-electron chi connectivity index (χ0n) is 43.4. The molecule has 2 aromatic rings. The molecule has 0 saturated heterocycles. The Morgan fingerprint density at radius 2 is 0.531 bits per heavy atom. The van der Waals surface area contributed by atoms with Crippen LogP contribution >= 0.6 is 0 Å². The second-order valence-corrected chi connectivity index (χ2v) is 18.6. The molecule has 0 aromatic heterocycles. The van der Waals surface area contributed by atoms with Crippen molar-refractivity contribution in [3.8, 4) is 0 Å². The van der Waals surface area contributed by atoms with Gasteiger partial charge in [0.25, 0.3) is 0 Å². The molecule has 1 aliphatic rings. The molecule has 0 atom stereocenters. The number of hydrogen-bond donors (Lipinski definition) is 0. The molecule has 1 heterocycles. The van der Waals surface area contributed by atoms with Gasteiger partial charge in [-0.15, -0.1) is 0 Å². The number of unbranched alkanes of at least 4 members (excludes halogenated alkanes) is 29. The van der Waals surface area contributed by atoms with Crippen LogP contribution in [-0.4, -0.2) is 4.70 Å². The molecule has 64 heavy (non-hydrogen) atoms. The minimum Gasteiger partial charge on any atom is -0.493 e. The van der Waals surface area contributed by atoms with Gasteiger partial charge < -0.3 is 19.4 Å². The Balaban J connectivity index is 0.00000771. The van der Waals surface area contributed by atoms with Crippen LogP contribution in [0.3, 0.4) is 0 Å². The van der Waals surface area contributed by atoms with Crippen LogP contribution in [-0.2, 0) is 29.3 Å². The van der Waals surface area contributed by atoms with Gasteiger partial charge in [-0.1, -0.05) is 238 Å². The fourth-order valence-corrected chi connectivity index (χ4v) is 9.40. The third-order valence-electron chi connectivity index (χ3n) is 13.3. The van der Waals surface area contributed by atoms with E-state index in [1.165, 1.54) is 240 Å². The van der Waals surface area contributed by atoms with Crippen molar-refractivity contribution in [1.29, 1.82) is 0 Å². The second-order valence-electron chi connectivity index (χ2n) is 18.6. The van der Waals surface area contributed by atoms with Crippen molar-refractivity contribution in [3.63, 3.8) is 0 Å². The average Bonchev–Trinajstić information content (AvgIpc) is 3.60. The Morgan fingerprint density at radius 1 is 0.312 bits per heavy atom. The average molecular weight is 924 g/mol. The molecule has 0 amide bonds. The Morgan fingerprint density at radius 3 is 0.812 bits per heavy atom. The monoisotopic (exact) mass is 923 g/mol. The number of benzene rings is 2. The summed E-state index contributed by atoms with van der Waals surface area (Å²) in [6.07, 6.45) is 49.4. The third kappa shape index (κ3) is 27.6. The van der Waals surface area contributed by atoms with E-state index in [4.69, 9.17) is 0 Å². The van der Waals surface area contributed by atoms with Gasteiger partial charge in [0.05, 0.1) is 0 Å². The Labute approximate surface area is 410 Å². The number of allylic oxidation sites excluding steroid dienone is 2. The third-order valence-corrected chi connectivity index (χ3v) is 13.3. The van der Waals surface area contributed by atoms with Crippen molar-refractivity contribution in [2.24, 2.45) is 0 Å². The minimum atomic E-state index is 0. The summed E-state index contributed by atoms with van der Waals surface area (Å²) in [7, 11) is 0. The summed E-state index contributed by atoms with van der Waals surface area (Å²) in [5.74, 6) is 0. The largest absolute Gasteiger partial charge is 2.00 e. The van der Waals surface area contributed by atoms with Gasteiger partial charge in [0.1, 0.15) is 0 Å². The van der Waals surface area contributed by atoms with Crippen LogP contribution in [0.2, 0.25) is 0 Å². The van der Waals surface area contributed by atoms with E-state index >= 15 is 0 Å². The Hall–Kier alpha value is -1.99. The maximum atomic E-state index is 12.2. The van der Waals surface area contributed by atoms with Gasteiger partial charge in [0.15, 0.2) is 0 Å². The van der Waals surface area contributed by atoms with E-state index in [1.54, 1.807) is 18.5 Å². The summed E-state index contributed by atoms with van der Waals surface area (Å²) < 4.78 is 1.61. The van der Waals surface area contributed by atoms with Crippen LogP contribution in [0.1, 0.15) is 289 Å². The van der Waals surface area contributed by atoms with Gasteiger partial charge in [-0.25, -0.2) is 4.70 Å². The molecule has 368 valence electrons. The Bertz CT molecular complexity index is 1400. The topological polar surface area (TPSA) is 25.3 Å². The fraction of sp³-hybridized carbons (Fsp3) is 0.705. The first-order valence-corrected chi connectivity index (χ1v) is 27.7. The maximum Gasteiger partial charge on any atom is 2.00 e. The van der Waals surface area contributed by atoms with Gasteiger partial charge in [-0.3, -0.25) is 0 Å². The SMILES string of the molecule is CCCCCCCCCCCCCCCCCCCCCCCC1=C(c2ccc(CCCCCC)cc2)[N+](=[N-])C(c2ccc(CCCC)cc2)=C1CCCCCCCC.[CH2-]C.[CH2-]C.[Ni+2]. The van der Waals surface area contributed by atoms with E-state index in [-0.39, 0.29) is 16.5 Å². The fourth-order valence-electron chi connectivity index (χ4n) is 9.40. The van der Waals surface area contributed by atoms with E-state index in [0.29, 0.717) is 0 Å². The van der Waals surface area contributed by atoms with Crippen LogP contribution in [0.25, 0.3) is 16.9 Å². The van der Waals surface area contributed by atoms with Gasteiger partial charge in [-0.2, -0.15) is 13.8 Å². The maximum absolute atomic E-state index is 12.2. The van der Waals surface area contributed by atoms with Crippen molar-refractivity contribution in [3.05, 3.63) is 101 Å². The van der Waals surface area contributed by atoms with Crippen LogP contribution in [0.15, 0.2) is 59.7 Å². The summed E-state index contributed by atoms with van der Waals surface area (Å²) in [5, 5.41) is 0. The first kappa shape index (κ1) is 62.0. The number of hydrogen-bond acceptors (Lipinski definition) is 0. The van der Waals surface area contributed by atoms with E-state index in [1.807, 2.05) is 0 Å². The number of nitrogens with zero attached hydrogens (tertiary/aromatic N) is 2. The zero-order valence-corrected chi connectivity index (χ0v) is 44.4. The normalized spacial score (nSPS) is 12.3. The molecule has 0 fully saturated rings. The molecular formula is C61H104N2Ni.